The molecule has 16 heteroatoms. The first kappa shape index (κ1) is 36.2. The van der Waals surface area contributed by atoms with Gasteiger partial charge in [0, 0.05) is 23.2 Å². The number of ether oxygens (including phenoxy) is 3. The molecule has 5 rings (SSSR count). The summed E-state index contributed by atoms with van der Waals surface area (Å²) in [6.45, 7) is 1.72. The SMILES string of the molecule is CCNS(=O)(=O)c1ccc(I)c(-c2nnn(Cc3ccc(OC)cc3)n2)c1S(=O)(=O)N(Cc1ccc(OC)cc1)Cc1ccc(OC)cc1. The van der Waals surface area contributed by atoms with Gasteiger partial charge in [0.1, 0.15) is 27.0 Å². The standard InChI is InChI=1S/C33H35IN6O7S2/c1-5-35-48(41,42)30-19-18-29(34)31(33-36-38-40(37-33)22-25-10-16-28(47-4)17-11-25)32(30)49(43,44)39(20-23-6-12-26(45-2)13-7-23)21-24-8-14-27(46-3)15-9-24/h6-19,35H,5,20-22H2,1-4H3. The molecule has 1 N–H and O–H groups in total. The van der Waals surface area contributed by atoms with Crippen LogP contribution in [0.4, 0.5) is 0 Å². The highest BCUT2D eigenvalue weighted by Gasteiger charge is 2.37. The van der Waals surface area contributed by atoms with Crippen LogP contribution in [0.2, 0.25) is 0 Å². The quantitative estimate of drug-likeness (QED) is 0.147. The van der Waals surface area contributed by atoms with Crippen LogP contribution in [-0.2, 0) is 39.7 Å². The molecule has 5 aromatic rings. The summed E-state index contributed by atoms with van der Waals surface area (Å²) in [6, 6.07) is 24.1. The zero-order chi connectivity index (χ0) is 35.2. The fraction of sp³-hybridized carbons (Fsp3) is 0.242. The molecule has 0 fully saturated rings. The minimum Gasteiger partial charge on any atom is -0.497 e. The predicted octanol–water partition coefficient (Wildman–Crippen LogP) is 4.71. The van der Waals surface area contributed by atoms with Gasteiger partial charge in [-0.3, -0.25) is 0 Å². The van der Waals surface area contributed by atoms with Gasteiger partial charge >= 0.3 is 0 Å². The van der Waals surface area contributed by atoms with E-state index in [0.29, 0.717) is 31.9 Å². The van der Waals surface area contributed by atoms with Crippen LogP contribution in [0.25, 0.3) is 11.4 Å². The van der Waals surface area contributed by atoms with Crippen LogP contribution >= 0.6 is 22.6 Å². The number of tetrazole rings is 1. The highest BCUT2D eigenvalue weighted by atomic mass is 127. The molecule has 0 bridgehead atoms. The van der Waals surface area contributed by atoms with Crippen LogP contribution in [0.3, 0.4) is 0 Å². The van der Waals surface area contributed by atoms with E-state index in [1.54, 1.807) is 88.9 Å². The molecular formula is C33H35IN6O7S2. The van der Waals surface area contributed by atoms with E-state index in [1.165, 1.54) is 21.2 Å². The van der Waals surface area contributed by atoms with E-state index in [2.05, 4.69) is 20.1 Å². The Hall–Kier alpha value is -4.10. The van der Waals surface area contributed by atoms with Crippen molar-refractivity contribution < 1.29 is 31.0 Å². The Morgan fingerprint density at radius 1 is 0.735 bits per heavy atom. The maximum atomic E-state index is 15.1. The van der Waals surface area contributed by atoms with Crippen molar-refractivity contribution in [1.29, 1.82) is 0 Å². The third-order valence-corrected chi connectivity index (χ3v) is 12.0. The number of aromatic nitrogens is 4. The van der Waals surface area contributed by atoms with Crippen molar-refractivity contribution in [2.24, 2.45) is 0 Å². The molecule has 0 spiro atoms. The first-order valence-electron chi connectivity index (χ1n) is 15.0. The number of rotatable bonds is 15. The van der Waals surface area contributed by atoms with Gasteiger partial charge < -0.3 is 14.2 Å². The molecule has 4 aromatic carbocycles. The largest absolute Gasteiger partial charge is 0.497 e. The minimum absolute atomic E-state index is 0.0232. The van der Waals surface area contributed by atoms with Gasteiger partial charge in [-0.15, -0.1) is 10.2 Å². The number of nitrogens with one attached hydrogen (secondary N) is 1. The Morgan fingerprint density at radius 2 is 1.22 bits per heavy atom. The summed E-state index contributed by atoms with van der Waals surface area (Å²) in [5, 5.41) is 12.9. The maximum Gasteiger partial charge on any atom is 0.245 e. The number of benzene rings is 4. The topological polar surface area (TPSA) is 155 Å². The molecule has 0 saturated carbocycles. The number of nitrogens with zero attached hydrogens (tertiary/aromatic N) is 5. The van der Waals surface area contributed by atoms with Crippen LogP contribution in [0.15, 0.2) is 94.7 Å². The molecule has 0 unspecified atom stereocenters. The maximum absolute atomic E-state index is 15.1. The fourth-order valence-electron chi connectivity index (χ4n) is 5.01. The Labute approximate surface area is 299 Å². The average molecular weight is 819 g/mol. The van der Waals surface area contributed by atoms with E-state index >= 15 is 8.42 Å². The average Bonchev–Trinajstić information content (AvgIpc) is 3.56. The molecule has 258 valence electrons. The van der Waals surface area contributed by atoms with Crippen LogP contribution in [0.1, 0.15) is 23.6 Å². The first-order valence-corrected chi connectivity index (χ1v) is 19.0. The van der Waals surface area contributed by atoms with Crippen molar-refractivity contribution in [3.63, 3.8) is 0 Å². The van der Waals surface area contributed by atoms with Gasteiger partial charge in [0.15, 0.2) is 0 Å². The van der Waals surface area contributed by atoms with Crippen molar-refractivity contribution in [3.8, 4) is 28.6 Å². The molecule has 0 aliphatic carbocycles. The van der Waals surface area contributed by atoms with Crippen molar-refractivity contribution in [1.82, 2.24) is 29.2 Å². The number of methoxy groups -OCH3 is 3. The van der Waals surface area contributed by atoms with E-state index < -0.39 is 29.8 Å². The normalized spacial score (nSPS) is 11.9. The summed E-state index contributed by atoms with van der Waals surface area (Å²) < 4.78 is 77.4. The molecule has 13 nitrogen and oxygen atoms in total. The molecule has 49 heavy (non-hydrogen) atoms. The zero-order valence-corrected chi connectivity index (χ0v) is 31.0. The summed E-state index contributed by atoms with van der Waals surface area (Å²) in [7, 11) is -4.24. The van der Waals surface area contributed by atoms with E-state index in [1.807, 2.05) is 34.7 Å². The fourth-order valence-corrected chi connectivity index (χ4v) is 9.34. The van der Waals surface area contributed by atoms with Crippen molar-refractivity contribution in [2.45, 2.75) is 36.3 Å². The van der Waals surface area contributed by atoms with Gasteiger partial charge in [-0.05, 0) is 93.0 Å². The molecular weight excluding hydrogens is 783 g/mol. The van der Waals surface area contributed by atoms with Crippen LogP contribution in [0, 0.1) is 3.57 Å². The van der Waals surface area contributed by atoms with Gasteiger partial charge in [-0.2, -0.15) is 9.10 Å². The van der Waals surface area contributed by atoms with Crippen molar-refractivity contribution >= 4 is 42.6 Å². The van der Waals surface area contributed by atoms with Crippen molar-refractivity contribution in [2.75, 3.05) is 27.9 Å². The molecule has 1 aromatic heterocycles. The van der Waals surface area contributed by atoms with Gasteiger partial charge in [0.25, 0.3) is 0 Å². The Balaban J connectivity index is 1.67. The van der Waals surface area contributed by atoms with Gasteiger partial charge in [-0.25, -0.2) is 21.6 Å². The Bertz CT molecular complexity index is 2060. The molecule has 0 atom stereocenters. The molecule has 0 aliphatic rings. The van der Waals surface area contributed by atoms with Crippen LogP contribution < -0.4 is 18.9 Å². The minimum atomic E-state index is -4.60. The Kier molecular flexibility index (Phi) is 11.5. The second-order valence-corrected chi connectivity index (χ2v) is 15.5. The summed E-state index contributed by atoms with van der Waals surface area (Å²) in [4.78, 5) is 0.443. The highest BCUT2D eigenvalue weighted by molar-refractivity contribution is 14.1. The number of hydrogen-bond acceptors (Lipinski definition) is 10. The second kappa shape index (κ2) is 15.6. The molecule has 0 amide bonds. The van der Waals surface area contributed by atoms with Gasteiger partial charge in [0.05, 0.1) is 33.4 Å². The summed E-state index contributed by atoms with van der Waals surface area (Å²) >= 11 is 1.97. The molecule has 0 aliphatic heterocycles. The van der Waals surface area contributed by atoms with Crippen LogP contribution in [0.5, 0.6) is 17.2 Å². The molecule has 1 heterocycles. The zero-order valence-electron chi connectivity index (χ0n) is 27.2. The highest BCUT2D eigenvalue weighted by Crippen LogP contribution is 2.38. The lowest BCUT2D eigenvalue weighted by Gasteiger charge is -2.25. The summed E-state index contributed by atoms with van der Waals surface area (Å²) in [5.41, 5.74) is 2.19. The second-order valence-electron chi connectivity index (χ2n) is 10.7. The number of hydrogen-bond donors (Lipinski definition) is 1. The monoisotopic (exact) mass is 818 g/mol. The van der Waals surface area contributed by atoms with Crippen LogP contribution in [-0.4, -0.2) is 69.2 Å². The molecule has 0 radical (unpaired) electrons. The third kappa shape index (κ3) is 8.38. The third-order valence-electron chi connectivity index (χ3n) is 7.49. The molecule has 0 saturated heterocycles. The van der Waals surface area contributed by atoms with E-state index in [9.17, 15) is 8.42 Å². The van der Waals surface area contributed by atoms with E-state index in [0.717, 1.165) is 5.56 Å². The smallest absolute Gasteiger partial charge is 0.245 e. The lowest BCUT2D eigenvalue weighted by atomic mass is 10.2. The Morgan fingerprint density at radius 3 is 1.69 bits per heavy atom. The van der Waals surface area contributed by atoms with E-state index in [-0.39, 0.29) is 37.6 Å². The van der Waals surface area contributed by atoms with Gasteiger partial charge in [0.2, 0.25) is 25.9 Å². The summed E-state index contributed by atoms with van der Waals surface area (Å²) in [6.07, 6.45) is 0. The lowest BCUT2D eigenvalue weighted by Crippen LogP contribution is -2.33. The van der Waals surface area contributed by atoms with Crippen molar-refractivity contribution in [3.05, 3.63) is 105 Å². The first-order chi connectivity index (χ1) is 23.5. The number of sulfonamides is 2. The summed E-state index contributed by atoms with van der Waals surface area (Å²) in [5.74, 6) is 1.86. The predicted molar refractivity (Wildman–Crippen MR) is 191 cm³/mol. The van der Waals surface area contributed by atoms with Gasteiger partial charge in [-0.1, -0.05) is 43.3 Å². The number of halogens is 1. The van der Waals surface area contributed by atoms with E-state index in [4.69, 9.17) is 14.2 Å². The lowest BCUT2D eigenvalue weighted by molar-refractivity contribution is 0.396.